The molecule has 1 amide bonds. The molecule has 3 rings (SSSR count). The van der Waals surface area contributed by atoms with Gasteiger partial charge in [0.05, 0.1) is 4.90 Å². The Labute approximate surface area is 177 Å². The molecule has 1 atom stereocenters. The predicted octanol–water partition coefficient (Wildman–Crippen LogP) is 3.72. The van der Waals surface area contributed by atoms with Crippen LogP contribution in [0.25, 0.3) is 0 Å². The molecule has 1 aliphatic carbocycles. The maximum Gasteiger partial charge on any atom is 0.241 e. The highest BCUT2D eigenvalue weighted by Crippen LogP contribution is 2.19. The van der Waals surface area contributed by atoms with E-state index < -0.39 is 21.9 Å². The zero-order chi connectivity index (χ0) is 21.4. The number of amides is 1. The monoisotopic (exact) mass is 430 g/mol. The molecule has 0 fully saturated rings. The first-order valence-corrected chi connectivity index (χ1v) is 11.7. The van der Waals surface area contributed by atoms with Gasteiger partial charge in [-0.1, -0.05) is 42.0 Å². The van der Waals surface area contributed by atoms with E-state index in [1.165, 1.54) is 30.5 Å². The van der Waals surface area contributed by atoms with Gasteiger partial charge in [0.2, 0.25) is 15.9 Å². The van der Waals surface area contributed by atoms with Crippen LogP contribution in [0.15, 0.2) is 71.1 Å². The molecule has 5 nitrogen and oxygen atoms in total. The molecule has 0 saturated carbocycles. The fourth-order valence-electron chi connectivity index (χ4n) is 3.51. The quantitative estimate of drug-likeness (QED) is 0.596. The molecule has 1 aliphatic rings. The zero-order valence-corrected chi connectivity index (χ0v) is 17.6. The van der Waals surface area contributed by atoms with Crippen LogP contribution in [0.4, 0.5) is 4.39 Å². The molecule has 0 bridgehead atoms. The Bertz CT molecular complexity index is 973. The number of carbonyl (C=O) groups is 1. The topological polar surface area (TPSA) is 75.3 Å². The first kappa shape index (κ1) is 22.2. The third-order valence-corrected chi connectivity index (χ3v) is 6.64. The van der Waals surface area contributed by atoms with Crippen molar-refractivity contribution in [3.63, 3.8) is 0 Å². The van der Waals surface area contributed by atoms with Gasteiger partial charge in [0, 0.05) is 6.54 Å². The highest BCUT2D eigenvalue weighted by molar-refractivity contribution is 7.89. The molecule has 0 radical (unpaired) electrons. The summed E-state index contributed by atoms with van der Waals surface area (Å²) < 4.78 is 41.1. The van der Waals surface area contributed by atoms with Crippen LogP contribution >= 0.6 is 0 Å². The molecule has 30 heavy (non-hydrogen) atoms. The highest BCUT2D eigenvalue weighted by Gasteiger charge is 2.26. The third kappa shape index (κ3) is 6.50. The van der Waals surface area contributed by atoms with Crippen LogP contribution in [0.5, 0.6) is 0 Å². The Morgan fingerprint density at radius 1 is 1.03 bits per heavy atom. The average Bonchev–Trinajstić information content (AvgIpc) is 2.75. The summed E-state index contributed by atoms with van der Waals surface area (Å²) in [5.74, 6) is -0.898. The first-order chi connectivity index (χ1) is 14.4. The Kier molecular flexibility index (Phi) is 7.76. The molecular formula is C23H27FN2O3S. The van der Waals surface area contributed by atoms with E-state index in [0.29, 0.717) is 6.54 Å². The summed E-state index contributed by atoms with van der Waals surface area (Å²) in [4.78, 5) is 12.8. The number of hydrogen-bond acceptors (Lipinski definition) is 3. The Balaban J connectivity index is 1.69. The van der Waals surface area contributed by atoms with Gasteiger partial charge in [-0.25, -0.2) is 12.8 Å². The van der Waals surface area contributed by atoms with Crippen molar-refractivity contribution in [1.29, 1.82) is 0 Å². The molecule has 0 spiro atoms. The molecular weight excluding hydrogens is 403 g/mol. The van der Waals surface area contributed by atoms with E-state index in [-0.39, 0.29) is 17.2 Å². The van der Waals surface area contributed by atoms with Gasteiger partial charge in [0.15, 0.2) is 0 Å². The van der Waals surface area contributed by atoms with Gasteiger partial charge >= 0.3 is 0 Å². The van der Waals surface area contributed by atoms with Gasteiger partial charge in [-0.15, -0.1) is 0 Å². The van der Waals surface area contributed by atoms with Crippen molar-refractivity contribution < 1.29 is 17.6 Å². The number of hydrogen-bond donors (Lipinski definition) is 2. The van der Waals surface area contributed by atoms with Crippen molar-refractivity contribution in [2.45, 2.75) is 49.5 Å². The summed E-state index contributed by atoms with van der Waals surface area (Å²) in [7, 11) is -3.98. The average molecular weight is 431 g/mol. The fourth-order valence-corrected chi connectivity index (χ4v) is 4.70. The fraction of sp³-hybridized carbons (Fsp3) is 0.348. The van der Waals surface area contributed by atoms with E-state index in [4.69, 9.17) is 0 Å². The lowest BCUT2D eigenvalue weighted by atomic mass is 9.97. The number of sulfonamides is 1. The molecule has 7 heteroatoms. The molecule has 0 heterocycles. The number of rotatable bonds is 9. The molecule has 0 aliphatic heterocycles. The predicted molar refractivity (Wildman–Crippen MR) is 115 cm³/mol. The minimum atomic E-state index is -3.98. The summed E-state index contributed by atoms with van der Waals surface area (Å²) in [6.07, 6.45) is 7.74. The molecule has 2 aromatic carbocycles. The van der Waals surface area contributed by atoms with Gasteiger partial charge in [0.1, 0.15) is 11.9 Å². The summed E-state index contributed by atoms with van der Waals surface area (Å²) in [6.45, 7) is 0.467. The summed E-state index contributed by atoms with van der Waals surface area (Å²) in [6, 6.07) is 12.8. The Hall–Kier alpha value is -2.51. The van der Waals surface area contributed by atoms with Crippen LogP contribution in [-0.2, 0) is 21.2 Å². The molecule has 2 aromatic rings. The van der Waals surface area contributed by atoms with E-state index in [1.807, 2.05) is 30.3 Å². The Morgan fingerprint density at radius 3 is 2.43 bits per heavy atom. The minimum absolute atomic E-state index is 0.0814. The number of nitrogens with one attached hydrogen (secondary N) is 2. The van der Waals surface area contributed by atoms with Crippen molar-refractivity contribution >= 4 is 15.9 Å². The first-order valence-electron chi connectivity index (χ1n) is 10.2. The lowest BCUT2D eigenvalue weighted by molar-refractivity contribution is -0.122. The van der Waals surface area contributed by atoms with Gasteiger partial charge < -0.3 is 5.32 Å². The van der Waals surface area contributed by atoms with Gasteiger partial charge in [-0.05, 0) is 68.4 Å². The van der Waals surface area contributed by atoms with Crippen LogP contribution < -0.4 is 10.0 Å². The molecule has 0 aromatic heterocycles. The van der Waals surface area contributed by atoms with Crippen molar-refractivity contribution in [3.8, 4) is 0 Å². The van der Waals surface area contributed by atoms with Crippen LogP contribution in [0.2, 0.25) is 0 Å². The van der Waals surface area contributed by atoms with E-state index in [9.17, 15) is 17.6 Å². The summed E-state index contributed by atoms with van der Waals surface area (Å²) >= 11 is 0. The number of allylic oxidation sites excluding steroid dienone is 1. The lowest BCUT2D eigenvalue weighted by Crippen LogP contribution is -2.48. The molecule has 0 saturated heterocycles. The normalized spacial score (nSPS) is 15.3. The van der Waals surface area contributed by atoms with Gasteiger partial charge in [-0.3, -0.25) is 4.79 Å². The second kappa shape index (κ2) is 10.5. The number of benzene rings is 2. The zero-order valence-electron chi connectivity index (χ0n) is 16.8. The van der Waals surface area contributed by atoms with Crippen LogP contribution in [0.3, 0.4) is 0 Å². The van der Waals surface area contributed by atoms with E-state index in [2.05, 4.69) is 16.1 Å². The van der Waals surface area contributed by atoms with Crippen LogP contribution in [-0.4, -0.2) is 26.9 Å². The summed E-state index contributed by atoms with van der Waals surface area (Å²) in [5.41, 5.74) is 2.18. The lowest BCUT2D eigenvalue weighted by Gasteiger charge is -2.19. The molecule has 0 unspecified atom stereocenters. The minimum Gasteiger partial charge on any atom is -0.354 e. The molecule has 2 N–H and O–H groups in total. The van der Waals surface area contributed by atoms with Gasteiger partial charge in [-0.2, -0.15) is 4.72 Å². The number of halogens is 1. The van der Waals surface area contributed by atoms with Gasteiger partial charge in [0.25, 0.3) is 0 Å². The van der Waals surface area contributed by atoms with E-state index >= 15 is 0 Å². The highest BCUT2D eigenvalue weighted by atomic mass is 32.2. The smallest absolute Gasteiger partial charge is 0.241 e. The summed E-state index contributed by atoms with van der Waals surface area (Å²) in [5, 5.41) is 2.87. The number of carbonyl (C=O) groups excluding carboxylic acids is 1. The molecule has 160 valence electrons. The maximum absolute atomic E-state index is 13.2. The van der Waals surface area contributed by atoms with E-state index in [1.54, 1.807) is 0 Å². The van der Waals surface area contributed by atoms with Crippen LogP contribution in [0.1, 0.15) is 37.7 Å². The Morgan fingerprint density at radius 2 is 1.77 bits per heavy atom. The van der Waals surface area contributed by atoms with E-state index in [0.717, 1.165) is 37.0 Å². The standard InChI is InChI=1S/C23H27FN2O3S/c24-20-11-13-21(14-12-20)30(28,29)26-22(17-19-9-5-2-6-10-19)23(27)25-16-15-18-7-3-1-4-8-18/h2,5-7,9-14,22,26H,1,3-4,8,15-17H2,(H,25,27)/t22-/m1/s1. The third-order valence-electron chi connectivity index (χ3n) is 5.15. The largest absolute Gasteiger partial charge is 0.354 e. The van der Waals surface area contributed by atoms with Crippen molar-refractivity contribution in [2.75, 3.05) is 6.54 Å². The van der Waals surface area contributed by atoms with Crippen LogP contribution in [0, 0.1) is 5.82 Å². The van der Waals surface area contributed by atoms with Crippen molar-refractivity contribution in [3.05, 3.63) is 77.6 Å². The second-order valence-electron chi connectivity index (χ2n) is 7.47. The van der Waals surface area contributed by atoms with Crippen molar-refractivity contribution in [2.24, 2.45) is 0 Å². The maximum atomic E-state index is 13.2. The SMILES string of the molecule is O=C(NCCC1=CCCCC1)[C@@H](Cc1ccccc1)NS(=O)(=O)c1ccc(F)cc1. The van der Waals surface area contributed by atoms with Crippen molar-refractivity contribution in [1.82, 2.24) is 10.0 Å². The second-order valence-corrected chi connectivity index (χ2v) is 9.18.